The van der Waals surface area contributed by atoms with Crippen molar-refractivity contribution in [1.82, 2.24) is 4.98 Å². The number of nitrogens with one attached hydrogen (secondary N) is 1. The van der Waals surface area contributed by atoms with Crippen molar-refractivity contribution < 1.29 is 4.39 Å². The van der Waals surface area contributed by atoms with Crippen LogP contribution >= 0.6 is 11.3 Å². The molecule has 16 heavy (non-hydrogen) atoms. The van der Waals surface area contributed by atoms with Gasteiger partial charge >= 0.3 is 0 Å². The van der Waals surface area contributed by atoms with Crippen LogP contribution in [0.2, 0.25) is 0 Å². The number of halogens is 1. The van der Waals surface area contributed by atoms with Gasteiger partial charge in [-0.1, -0.05) is 13.0 Å². The van der Waals surface area contributed by atoms with E-state index in [2.05, 4.69) is 23.3 Å². The van der Waals surface area contributed by atoms with Crippen LogP contribution < -0.4 is 5.32 Å². The van der Waals surface area contributed by atoms with E-state index >= 15 is 0 Å². The Hall–Kier alpha value is -1.42. The lowest BCUT2D eigenvalue weighted by Crippen LogP contribution is -2.08. The molecule has 0 aliphatic rings. The first-order chi connectivity index (χ1) is 7.79. The lowest BCUT2D eigenvalue weighted by molar-refractivity contribution is 0.583. The Balaban J connectivity index is 2.13. The van der Waals surface area contributed by atoms with Crippen molar-refractivity contribution in [2.75, 3.05) is 5.32 Å². The molecule has 0 aliphatic heterocycles. The largest absolute Gasteiger partial charge is 0.377 e. The fraction of sp³-hybridized carbons (Fsp3) is 0.250. The number of thiophene rings is 1. The van der Waals surface area contributed by atoms with Crippen molar-refractivity contribution in [1.29, 1.82) is 0 Å². The first-order valence-corrected chi connectivity index (χ1v) is 6.09. The summed E-state index contributed by atoms with van der Waals surface area (Å²) in [7, 11) is 0. The number of nitrogens with zero attached hydrogens (tertiary/aromatic N) is 1. The van der Waals surface area contributed by atoms with Gasteiger partial charge in [0, 0.05) is 22.8 Å². The van der Waals surface area contributed by atoms with E-state index in [0.717, 1.165) is 12.1 Å². The number of rotatable bonds is 4. The second-order valence-corrected chi connectivity index (χ2v) is 4.47. The molecule has 2 rings (SSSR count). The molecule has 0 saturated heterocycles. The maximum atomic E-state index is 12.9. The van der Waals surface area contributed by atoms with Crippen LogP contribution in [-0.4, -0.2) is 4.98 Å². The Morgan fingerprint density at radius 2 is 2.38 bits per heavy atom. The van der Waals surface area contributed by atoms with Crippen LogP contribution in [0.25, 0.3) is 0 Å². The number of aromatic nitrogens is 1. The molecule has 1 N–H and O–H groups in total. The molecule has 2 aromatic rings. The first kappa shape index (κ1) is 11.1. The van der Waals surface area contributed by atoms with E-state index in [9.17, 15) is 4.39 Å². The molecule has 0 spiro atoms. The van der Waals surface area contributed by atoms with E-state index in [1.165, 1.54) is 17.1 Å². The minimum Gasteiger partial charge on any atom is -0.377 e. The molecule has 0 radical (unpaired) electrons. The van der Waals surface area contributed by atoms with E-state index in [0.29, 0.717) is 0 Å². The van der Waals surface area contributed by atoms with E-state index in [1.54, 1.807) is 17.4 Å². The molecule has 4 heteroatoms. The van der Waals surface area contributed by atoms with Crippen LogP contribution in [0.3, 0.4) is 0 Å². The van der Waals surface area contributed by atoms with Crippen molar-refractivity contribution in [3.8, 4) is 0 Å². The summed E-state index contributed by atoms with van der Waals surface area (Å²) < 4.78 is 12.9. The standard InChI is InChI=1S/C12H13FN2S/c1-2-10(11-4-3-7-16-11)15-9-5-6-14-12(13)8-9/h3-8,10H,2H2,1H3,(H,14,15). The zero-order chi connectivity index (χ0) is 11.4. The maximum absolute atomic E-state index is 12.9. The van der Waals surface area contributed by atoms with Gasteiger partial charge in [0.25, 0.3) is 0 Å². The van der Waals surface area contributed by atoms with Crippen LogP contribution in [-0.2, 0) is 0 Å². The van der Waals surface area contributed by atoms with Gasteiger partial charge in [-0.2, -0.15) is 4.39 Å². The Kier molecular flexibility index (Phi) is 3.51. The Labute approximate surface area is 98.2 Å². The molecule has 0 bridgehead atoms. The van der Waals surface area contributed by atoms with Gasteiger partial charge in [-0.15, -0.1) is 11.3 Å². The molecule has 2 nitrogen and oxygen atoms in total. The average molecular weight is 236 g/mol. The fourth-order valence-corrected chi connectivity index (χ4v) is 2.42. The maximum Gasteiger partial charge on any atom is 0.214 e. The molecule has 0 saturated carbocycles. The summed E-state index contributed by atoms with van der Waals surface area (Å²) in [4.78, 5) is 4.80. The van der Waals surface area contributed by atoms with Crippen LogP contribution in [0.15, 0.2) is 35.8 Å². The summed E-state index contributed by atoms with van der Waals surface area (Å²) in [6, 6.07) is 7.54. The highest BCUT2D eigenvalue weighted by atomic mass is 32.1. The smallest absolute Gasteiger partial charge is 0.214 e. The quantitative estimate of drug-likeness (QED) is 0.816. The highest BCUT2D eigenvalue weighted by Crippen LogP contribution is 2.25. The predicted octanol–water partition coefficient (Wildman–Crippen LogP) is 3.85. The highest BCUT2D eigenvalue weighted by molar-refractivity contribution is 7.10. The van der Waals surface area contributed by atoms with E-state index in [4.69, 9.17) is 0 Å². The fourth-order valence-electron chi connectivity index (χ4n) is 1.56. The molecule has 0 fully saturated rings. The van der Waals surface area contributed by atoms with Gasteiger partial charge in [0.1, 0.15) is 0 Å². The SMILES string of the molecule is CCC(Nc1ccnc(F)c1)c1cccs1. The Bertz CT molecular complexity index is 442. The van der Waals surface area contributed by atoms with Crippen molar-refractivity contribution in [3.63, 3.8) is 0 Å². The zero-order valence-electron chi connectivity index (χ0n) is 8.98. The number of anilines is 1. The third-order valence-electron chi connectivity index (χ3n) is 2.36. The van der Waals surface area contributed by atoms with E-state index < -0.39 is 5.95 Å². The molecule has 1 unspecified atom stereocenters. The van der Waals surface area contributed by atoms with Crippen LogP contribution in [0.1, 0.15) is 24.3 Å². The van der Waals surface area contributed by atoms with Gasteiger partial charge in [-0.05, 0) is 23.9 Å². The number of hydrogen-bond acceptors (Lipinski definition) is 3. The Morgan fingerprint density at radius 1 is 1.50 bits per heavy atom. The van der Waals surface area contributed by atoms with Gasteiger partial charge in [0.15, 0.2) is 0 Å². The summed E-state index contributed by atoms with van der Waals surface area (Å²) in [5.74, 6) is -0.453. The number of hydrogen-bond donors (Lipinski definition) is 1. The summed E-state index contributed by atoms with van der Waals surface area (Å²) >= 11 is 1.71. The number of pyridine rings is 1. The van der Waals surface area contributed by atoms with Gasteiger partial charge in [0.05, 0.1) is 6.04 Å². The molecule has 0 aromatic carbocycles. The van der Waals surface area contributed by atoms with Crippen molar-refractivity contribution in [3.05, 3.63) is 46.7 Å². The van der Waals surface area contributed by atoms with Gasteiger partial charge in [-0.25, -0.2) is 4.98 Å². The minimum atomic E-state index is -0.453. The lowest BCUT2D eigenvalue weighted by atomic mass is 10.2. The van der Waals surface area contributed by atoms with Gasteiger partial charge < -0.3 is 5.32 Å². The Morgan fingerprint density at radius 3 is 3.00 bits per heavy atom. The molecular weight excluding hydrogens is 223 g/mol. The normalized spacial score (nSPS) is 12.4. The second kappa shape index (κ2) is 5.07. The molecular formula is C12H13FN2S. The third-order valence-corrected chi connectivity index (χ3v) is 3.35. The summed E-state index contributed by atoms with van der Waals surface area (Å²) in [5, 5.41) is 5.35. The molecule has 0 amide bonds. The monoisotopic (exact) mass is 236 g/mol. The van der Waals surface area contributed by atoms with Crippen LogP contribution in [0.5, 0.6) is 0 Å². The third kappa shape index (κ3) is 2.58. The van der Waals surface area contributed by atoms with Crippen LogP contribution in [0.4, 0.5) is 10.1 Å². The zero-order valence-corrected chi connectivity index (χ0v) is 9.80. The molecule has 2 aromatic heterocycles. The predicted molar refractivity (Wildman–Crippen MR) is 65.2 cm³/mol. The van der Waals surface area contributed by atoms with E-state index in [-0.39, 0.29) is 6.04 Å². The molecule has 0 aliphatic carbocycles. The average Bonchev–Trinajstić information content (AvgIpc) is 2.79. The second-order valence-electron chi connectivity index (χ2n) is 3.49. The molecule has 1 atom stereocenters. The molecule has 2 heterocycles. The first-order valence-electron chi connectivity index (χ1n) is 5.21. The summed E-state index contributed by atoms with van der Waals surface area (Å²) in [6.07, 6.45) is 2.43. The minimum absolute atomic E-state index is 0.238. The van der Waals surface area contributed by atoms with Gasteiger partial charge in [0.2, 0.25) is 5.95 Å². The highest BCUT2D eigenvalue weighted by Gasteiger charge is 2.10. The summed E-state index contributed by atoms with van der Waals surface area (Å²) in [5.41, 5.74) is 0.771. The summed E-state index contributed by atoms with van der Waals surface area (Å²) in [6.45, 7) is 2.11. The van der Waals surface area contributed by atoms with Crippen LogP contribution in [0, 0.1) is 5.95 Å². The molecule has 84 valence electrons. The van der Waals surface area contributed by atoms with Crippen molar-refractivity contribution in [2.24, 2.45) is 0 Å². The topological polar surface area (TPSA) is 24.9 Å². The van der Waals surface area contributed by atoms with E-state index in [1.807, 2.05) is 11.4 Å². The van der Waals surface area contributed by atoms with Gasteiger partial charge in [-0.3, -0.25) is 0 Å². The van der Waals surface area contributed by atoms with Crippen molar-refractivity contribution in [2.45, 2.75) is 19.4 Å². The van der Waals surface area contributed by atoms with Crippen molar-refractivity contribution >= 4 is 17.0 Å². The lowest BCUT2D eigenvalue weighted by Gasteiger charge is -2.16.